The summed E-state index contributed by atoms with van der Waals surface area (Å²) in [6, 6.07) is 6.21. The van der Waals surface area contributed by atoms with E-state index in [1.165, 1.54) is 17.7 Å². The summed E-state index contributed by atoms with van der Waals surface area (Å²) in [6.07, 6.45) is 1.32. The minimum Gasteiger partial charge on any atom is -0.370 e. The summed E-state index contributed by atoms with van der Waals surface area (Å²) in [5.41, 5.74) is 2.53. The van der Waals surface area contributed by atoms with E-state index in [1.54, 1.807) is 0 Å². The van der Waals surface area contributed by atoms with Gasteiger partial charge in [0.1, 0.15) is 0 Å². The molecule has 2 unspecified atom stereocenters. The highest BCUT2D eigenvalue weighted by molar-refractivity contribution is 6.33. The van der Waals surface area contributed by atoms with Crippen molar-refractivity contribution >= 4 is 17.3 Å². The van der Waals surface area contributed by atoms with Gasteiger partial charge in [0.05, 0.1) is 10.7 Å². The normalized spacial score (nSPS) is 24.3. The zero-order valence-corrected chi connectivity index (χ0v) is 12.3. The molecule has 18 heavy (non-hydrogen) atoms. The molecule has 1 aromatic carbocycles. The highest BCUT2D eigenvalue weighted by Crippen LogP contribution is 2.34. The molecule has 0 amide bonds. The summed E-state index contributed by atoms with van der Waals surface area (Å²) in [4.78, 5) is 2.47. The van der Waals surface area contributed by atoms with Gasteiger partial charge in [-0.25, -0.2) is 0 Å². The summed E-state index contributed by atoms with van der Waals surface area (Å²) in [5, 5.41) is 4.11. The van der Waals surface area contributed by atoms with Gasteiger partial charge in [0.25, 0.3) is 0 Å². The van der Waals surface area contributed by atoms with E-state index >= 15 is 0 Å². The minimum atomic E-state index is 0.743. The molecule has 1 heterocycles. The predicted octanol–water partition coefficient (Wildman–Crippen LogP) is 3.54. The number of hydrogen-bond donors (Lipinski definition) is 1. The van der Waals surface area contributed by atoms with Crippen molar-refractivity contribution in [2.45, 2.75) is 26.8 Å². The average Bonchev–Trinajstić information content (AvgIpc) is 2.28. The molecular formula is C15H23ClN2. The van der Waals surface area contributed by atoms with Crippen molar-refractivity contribution in [3.05, 3.63) is 28.8 Å². The summed E-state index contributed by atoms with van der Waals surface area (Å²) >= 11 is 6.42. The third-order valence-electron chi connectivity index (χ3n) is 3.62. The van der Waals surface area contributed by atoms with Gasteiger partial charge in [-0.3, -0.25) is 0 Å². The van der Waals surface area contributed by atoms with E-state index < -0.39 is 0 Å². The predicted molar refractivity (Wildman–Crippen MR) is 79.4 cm³/mol. The summed E-state index contributed by atoms with van der Waals surface area (Å²) in [5.74, 6) is 1.49. The van der Waals surface area contributed by atoms with E-state index in [9.17, 15) is 0 Å². The fourth-order valence-corrected chi connectivity index (χ4v) is 3.41. The smallest absolute Gasteiger partial charge is 0.0642 e. The van der Waals surface area contributed by atoms with Crippen molar-refractivity contribution in [2.75, 3.05) is 25.0 Å². The standard InChI is InChI=1S/C15H23ClN2/c1-11-7-12(2)10-18(9-11)15-13(8-17-3)5-4-6-14(15)16/h4-6,11-12,17H,7-10H2,1-3H3. The lowest BCUT2D eigenvalue weighted by Crippen LogP contribution is -2.39. The van der Waals surface area contributed by atoms with Gasteiger partial charge in [-0.2, -0.15) is 0 Å². The number of nitrogens with zero attached hydrogens (tertiary/aromatic N) is 1. The monoisotopic (exact) mass is 266 g/mol. The van der Waals surface area contributed by atoms with Gasteiger partial charge >= 0.3 is 0 Å². The van der Waals surface area contributed by atoms with Crippen LogP contribution >= 0.6 is 11.6 Å². The number of halogens is 1. The molecule has 1 aliphatic rings. The van der Waals surface area contributed by atoms with Crippen LogP contribution in [0.1, 0.15) is 25.8 Å². The van der Waals surface area contributed by atoms with Crippen LogP contribution in [0.3, 0.4) is 0 Å². The molecule has 1 N–H and O–H groups in total. The van der Waals surface area contributed by atoms with Gasteiger partial charge in [-0.15, -0.1) is 0 Å². The fraction of sp³-hybridized carbons (Fsp3) is 0.600. The summed E-state index contributed by atoms with van der Waals surface area (Å²) in [7, 11) is 1.98. The Morgan fingerprint density at radius 2 is 1.94 bits per heavy atom. The Bertz CT molecular complexity index is 395. The molecule has 1 fully saturated rings. The van der Waals surface area contributed by atoms with Crippen LogP contribution < -0.4 is 10.2 Å². The Morgan fingerprint density at radius 1 is 1.28 bits per heavy atom. The van der Waals surface area contributed by atoms with Crippen LogP contribution in [0.5, 0.6) is 0 Å². The molecule has 100 valence electrons. The Balaban J connectivity index is 2.30. The number of piperidine rings is 1. The average molecular weight is 267 g/mol. The molecule has 0 bridgehead atoms. The third kappa shape index (κ3) is 2.99. The van der Waals surface area contributed by atoms with E-state index in [0.29, 0.717) is 0 Å². The SMILES string of the molecule is CNCc1cccc(Cl)c1N1CC(C)CC(C)C1. The second kappa shape index (κ2) is 5.94. The van der Waals surface area contributed by atoms with Gasteiger partial charge in [0.15, 0.2) is 0 Å². The molecule has 3 heteroatoms. The number of rotatable bonds is 3. The largest absolute Gasteiger partial charge is 0.370 e. The van der Waals surface area contributed by atoms with Crippen LogP contribution in [0.25, 0.3) is 0 Å². The quantitative estimate of drug-likeness (QED) is 0.900. The van der Waals surface area contributed by atoms with Crippen molar-refractivity contribution in [2.24, 2.45) is 11.8 Å². The molecule has 0 aliphatic carbocycles. The van der Waals surface area contributed by atoms with E-state index in [-0.39, 0.29) is 0 Å². The summed E-state index contributed by atoms with van der Waals surface area (Å²) < 4.78 is 0. The van der Waals surface area contributed by atoms with Crippen LogP contribution in [0, 0.1) is 11.8 Å². The van der Waals surface area contributed by atoms with E-state index in [1.807, 2.05) is 19.2 Å². The number of nitrogens with one attached hydrogen (secondary N) is 1. The molecule has 0 aromatic heterocycles. The Hall–Kier alpha value is -0.730. The first kappa shape index (κ1) is 13.7. The van der Waals surface area contributed by atoms with Crippen molar-refractivity contribution in [1.82, 2.24) is 5.32 Å². The van der Waals surface area contributed by atoms with Gasteiger partial charge in [0.2, 0.25) is 0 Å². The molecule has 0 spiro atoms. The molecule has 1 saturated heterocycles. The van der Waals surface area contributed by atoms with Gasteiger partial charge in [-0.1, -0.05) is 37.6 Å². The van der Waals surface area contributed by atoms with Gasteiger partial charge in [-0.05, 0) is 36.9 Å². The number of para-hydroxylation sites is 1. The Kier molecular flexibility index (Phi) is 4.52. The zero-order valence-electron chi connectivity index (χ0n) is 11.5. The topological polar surface area (TPSA) is 15.3 Å². The number of anilines is 1. The Morgan fingerprint density at radius 3 is 2.56 bits per heavy atom. The molecule has 2 atom stereocenters. The van der Waals surface area contributed by atoms with Crippen LogP contribution in [0.2, 0.25) is 5.02 Å². The van der Waals surface area contributed by atoms with Crippen molar-refractivity contribution in [3.8, 4) is 0 Å². The minimum absolute atomic E-state index is 0.743. The van der Waals surface area contributed by atoms with Crippen LogP contribution in [-0.2, 0) is 6.54 Å². The number of hydrogen-bond acceptors (Lipinski definition) is 2. The molecule has 1 aliphatic heterocycles. The maximum Gasteiger partial charge on any atom is 0.0642 e. The van der Waals surface area contributed by atoms with E-state index in [2.05, 4.69) is 30.1 Å². The molecule has 0 radical (unpaired) electrons. The van der Waals surface area contributed by atoms with Crippen molar-refractivity contribution < 1.29 is 0 Å². The summed E-state index contributed by atoms with van der Waals surface area (Å²) in [6.45, 7) is 7.76. The highest BCUT2D eigenvalue weighted by Gasteiger charge is 2.24. The van der Waals surface area contributed by atoms with Crippen molar-refractivity contribution in [1.29, 1.82) is 0 Å². The van der Waals surface area contributed by atoms with Gasteiger partial charge in [0, 0.05) is 19.6 Å². The maximum atomic E-state index is 6.42. The van der Waals surface area contributed by atoms with Gasteiger partial charge < -0.3 is 10.2 Å². The van der Waals surface area contributed by atoms with E-state index in [4.69, 9.17) is 11.6 Å². The maximum absolute atomic E-state index is 6.42. The fourth-order valence-electron chi connectivity index (χ4n) is 3.09. The lowest BCUT2D eigenvalue weighted by Gasteiger charge is -2.38. The van der Waals surface area contributed by atoms with Crippen molar-refractivity contribution in [3.63, 3.8) is 0 Å². The van der Waals surface area contributed by atoms with E-state index in [0.717, 1.165) is 36.5 Å². The zero-order chi connectivity index (χ0) is 13.1. The Labute approximate surface area is 115 Å². The lowest BCUT2D eigenvalue weighted by molar-refractivity contribution is 0.356. The second-order valence-corrected chi connectivity index (χ2v) is 6.04. The highest BCUT2D eigenvalue weighted by atomic mass is 35.5. The second-order valence-electron chi connectivity index (χ2n) is 5.63. The van der Waals surface area contributed by atoms with Crippen LogP contribution in [0.15, 0.2) is 18.2 Å². The first-order chi connectivity index (χ1) is 8.61. The first-order valence-corrected chi connectivity index (χ1v) is 7.16. The lowest BCUT2D eigenvalue weighted by atomic mass is 9.91. The van der Waals surface area contributed by atoms with Crippen LogP contribution in [0.4, 0.5) is 5.69 Å². The number of benzene rings is 1. The third-order valence-corrected chi connectivity index (χ3v) is 3.93. The first-order valence-electron chi connectivity index (χ1n) is 6.78. The molecule has 1 aromatic rings. The molecular weight excluding hydrogens is 244 g/mol. The molecule has 2 nitrogen and oxygen atoms in total. The van der Waals surface area contributed by atoms with Crippen LogP contribution in [-0.4, -0.2) is 20.1 Å². The molecule has 2 rings (SSSR count). The molecule has 0 saturated carbocycles.